The first-order chi connectivity index (χ1) is 18.7. The third kappa shape index (κ3) is 6.46. The van der Waals surface area contributed by atoms with E-state index in [9.17, 15) is 14.0 Å². The molecule has 8 nitrogen and oxygen atoms in total. The summed E-state index contributed by atoms with van der Waals surface area (Å²) in [6.45, 7) is 3.51. The van der Waals surface area contributed by atoms with Gasteiger partial charge in [-0.15, -0.1) is 0 Å². The molecule has 0 fully saturated rings. The Morgan fingerprint density at radius 2 is 2.03 bits per heavy atom. The molecule has 1 atom stereocenters. The Hall–Kier alpha value is -3.76. The molecule has 0 bridgehead atoms. The van der Waals surface area contributed by atoms with E-state index in [0.29, 0.717) is 27.3 Å². The molecule has 202 valence electrons. The number of ether oxygens (including phenoxy) is 2. The van der Waals surface area contributed by atoms with Crippen LogP contribution in [0.3, 0.4) is 0 Å². The third-order valence-electron chi connectivity index (χ3n) is 5.96. The molecule has 4 aromatic rings. The van der Waals surface area contributed by atoms with Gasteiger partial charge in [-0.25, -0.2) is 9.37 Å². The van der Waals surface area contributed by atoms with Crippen molar-refractivity contribution in [2.45, 2.75) is 26.2 Å². The first-order valence-electron chi connectivity index (χ1n) is 12.0. The molecule has 0 aliphatic rings. The van der Waals surface area contributed by atoms with Gasteiger partial charge in [-0.3, -0.25) is 9.59 Å². The van der Waals surface area contributed by atoms with E-state index in [1.54, 1.807) is 24.3 Å². The first-order valence-corrected chi connectivity index (χ1v) is 13.2. The number of rotatable bonds is 9. The number of carbonyl (C=O) groups excluding carboxylic acids is 1. The van der Waals surface area contributed by atoms with E-state index in [0.717, 1.165) is 10.9 Å². The van der Waals surface area contributed by atoms with Crippen LogP contribution < -0.4 is 20.3 Å². The number of fused-ring (bicyclic) bond motifs is 1. The molecule has 0 saturated carbocycles. The van der Waals surface area contributed by atoms with Gasteiger partial charge in [0.15, 0.2) is 18.1 Å². The van der Waals surface area contributed by atoms with Crippen LogP contribution >= 0.6 is 27.5 Å². The Morgan fingerprint density at radius 3 is 2.74 bits per heavy atom. The van der Waals surface area contributed by atoms with Gasteiger partial charge in [0, 0.05) is 27.0 Å². The number of halogens is 3. The fraction of sp³-hybridized carbons (Fsp3) is 0.214. The largest absolute Gasteiger partial charge is 0.493 e. The van der Waals surface area contributed by atoms with Crippen molar-refractivity contribution in [2.75, 3.05) is 19.0 Å². The number of para-hydroxylation sites is 1. The predicted octanol–water partition coefficient (Wildman–Crippen LogP) is 6.37. The van der Waals surface area contributed by atoms with Gasteiger partial charge >= 0.3 is 0 Å². The first kappa shape index (κ1) is 28.3. The summed E-state index contributed by atoms with van der Waals surface area (Å²) in [5, 5.41) is 7.66. The maximum Gasteiger partial charge on any atom is 0.282 e. The van der Waals surface area contributed by atoms with Crippen LogP contribution in [0.1, 0.15) is 37.6 Å². The Morgan fingerprint density at radius 1 is 1.26 bits per heavy atom. The van der Waals surface area contributed by atoms with E-state index >= 15 is 0 Å². The van der Waals surface area contributed by atoms with E-state index in [2.05, 4.69) is 26.3 Å². The van der Waals surface area contributed by atoms with Crippen molar-refractivity contribution in [3.63, 3.8) is 0 Å². The van der Waals surface area contributed by atoms with Crippen molar-refractivity contribution in [3.05, 3.63) is 91.7 Å². The van der Waals surface area contributed by atoms with Crippen LogP contribution in [0.15, 0.2) is 69.0 Å². The second-order valence-corrected chi connectivity index (χ2v) is 10.00. The molecule has 3 aromatic carbocycles. The van der Waals surface area contributed by atoms with E-state index in [1.807, 2.05) is 19.9 Å². The molecule has 0 aliphatic heterocycles. The van der Waals surface area contributed by atoms with Gasteiger partial charge in [-0.1, -0.05) is 53.5 Å². The molecule has 0 aliphatic carbocycles. The summed E-state index contributed by atoms with van der Waals surface area (Å²) in [5.74, 6) is -0.300. The number of aromatic nitrogens is 2. The van der Waals surface area contributed by atoms with Gasteiger partial charge in [0.25, 0.3) is 11.5 Å². The molecule has 4 rings (SSSR count). The van der Waals surface area contributed by atoms with Crippen LogP contribution in [-0.4, -0.2) is 35.5 Å². The number of nitrogens with one attached hydrogen (secondary N) is 1. The smallest absolute Gasteiger partial charge is 0.282 e. The normalized spacial score (nSPS) is 12.1. The van der Waals surface area contributed by atoms with Gasteiger partial charge in [0.2, 0.25) is 0 Å². The summed E-state index contributed by atoms with van der Waals surface area (Å²) < 4.78 is 27.1. The molecule has 1 heterocycles. The second kappa shape index (κ2) is 12.4. The highest BCUT2D eigenvalue weighted by molar-refractivity contribution is 9.10. The number of anilines is 1. The number of amides is 1. The molecule has 0 radical (unpaired) electrons. The Kier molecular flexibility index (Phi) is 8.98. The van der Waals surface area contributed by atoms with Gasteiger partial charge in [0.1, 0.15) is 11.6 Å². The summed E-state index contributed by atoms with van der Waals surface area (Å²) in [4.78, 5) is 30.6. The van der Waals surface area contributed by atoms with Crippen molar-refractivity contribution in [3.8, 4) is 11.5 Å². The maximum atomic E-state index is 13.9. The van der Waals surface area contributed by atoms with E-state index in [-0.39, 0.29) is 28.7 Å². The fourth-order valence-corrected chi connectivity index (χ4v) is 4.35. The molecule has 0 spiro atoms. The minimum Gasteiger partial charge on any atom is -0.493 e. The van der Waals surface area contributed by atoms with Crippen molar-refractivity contribution >= 4 is 56.2 Å². The zero-order valence-corrected chi connectivity index (χ0v) is 23.7. The van der Waals surface area contributed by atoms with E-state index < -0.39 is 18.3 Å². The second-order valence-electron chi connectivity index (χ2n) is 8.65. The molecule has 1 aromatic heterocycles. The highest BCUT2D eigenvalue weighted by Crippen LogP contribution is 2.34. The van der Waals surface area contributed by atoms with Crippen molar-refractivity contribution in [1.29, 1.82) is 0 Å². The number of methoxy groups -OCH3 is 1. The van der Waals surface area contributed by atoms with Crippen LogP contribution in [0.25, 0.3) is 10.9 Å². The lowest BCUT2D eigenvalue weighted by molar-refractivity contribution is -0.118. The standard InChI is InChI=1S/C28H25BrClFN4O4/c1-4-16(2)27-34-22-10-9-18(29)12-20(22)28(37)35(27)32-14-17-11-19(30)13-24(38-3)26(17)39-15-25(36)33-23-8-6-5-7-21(23)31/h5-14,16H,4,15H2,1-3H3,(H,33,36)/t16-/m0/s1. The molecule has 0 unspecified atom stereocenters. The average Bonchev–Trinajstić information content (AvgIpc) is 2.92. The summed E-state index contributed by atoms with van der Waals surface area (Å²) in [6.07, 6.45) is 2.14. The van der Waals surface area contributed by atoms with Gasteiger partial charge in [0.05, 0.1) is 29.9 Å². The lowest BCUT2D eigenvalue weighted by Gasteiger charge is -2.15. The zero-order valence-electron chi connectivity index (χ0n) is 21.4. The molecule has 1 N–H and O–H groups in total. The Labute approximate surface area is 237 Å². The number of nitrogens with zero attached hydrogens (tertiary/aromatic N) is 3. The summed E-state index contributed by atoms with van der Waals surface area (Å²) in [5.41, 5.74) is 0.616. The van der Waals surface area contributed by atoms with E-state index in [1.165, 1.54) is 42.3 Å². The zero-order chi connectivity index (χ0) is 28.1. The van der Waals surface area contributed by atoms with Gasteiger partial charge in [-0.2, -0.15) is 9.78 Å². The highest BCUT2D eigenvalue weighted by atomic mass is 79.9. The fourth-order valence-electron chi connectivity index (χ4n) is 3.78. The summed E-state index contributed by atoms with van der Waals surface area (Å²) >= 11 is 9.70. The predicted molar refractivity (Wildman–Crippen MR) is 154 cm³/mol. The SMILES string of the molecule is CC[C@H](C)c1nc2ccc(Br)cc2c(=O)n1N=Cc1cc(Cl)cc(OC)c1OCC(=O)Nc1ccccc1F. The topological polar surface area (TPSA) is 94.8 Å². The number of carbonyl (C=O) groups is 1. The third-order valence-corrected chi connectivity index (χ3v) is 6.67. The van der Waals surface area contributed by atoms with Crippen LogP contribution in [0, 0.1) is 5.82 Å². The number of benzene rings is 3. The van der Waals surface area contributed by atoms with Crippen LogP contribution in [-0.2, 0) is 4.79 Å². The highest BCUT2D eigenvalue weighted by Gasteiger charge is 2.18. The summed E-state index contributed by atoms with van der Waals surface area (Å²) in [7, 11) is 1.43. The molecular formula is C28H25BrClFN4O4. The molecule has 11 heteroatoms. The monoisotopic (exact) mass is 614 g/mol. The Balaban J connectivity index is 1.71. The van der Waals surface area contributed by atoms with Crippen LogP contribution in [0.2, 0.25) is 5.02 Å². The molecule has 39 heavy (non-hydrogen) atoms. The van der Waals surface area contributed by atoms with Crippen LogP contribution in [0.5, 0.6) is 11.5 Å². The van der Waals surface area contributed by atoms with Crippen LogP contribution in [0.4, 0.5) is 10.1 Å². The van der Waals surface area contributed by atoms with E-state index in [4.69, 9.17) is 26.1 Å². The minimum atomic E-state index is -0.584. The van der Waals surface area contributed by atoms with Gasteiger partial charge < -0.3 is 14.8 Å². The molecule has 0 saturated heterocycles. The summed E-state index contributed by atoms with van der Waals surface area (Å²) in [6, 6.07) is 14.2. The average molecular weight is 616 g/mol. The number of hydrogen-bond donors (Lipinski definition) is 1. The van der Waals surface area contributed by atoms with Crippen molar-refractivity contribution < 1.29 is 18.7 Å². The lowest BCUT2D eigenvalue weighted by atomic mass is 10.1. The Bertz CT molecular complexity index is 1630. The quantitative estimate of drug-likeness (QED) is 0.221. The minimum absolute atomic E-state index is 0.0309. The molecule has 1 amide bonds. The van der Waals surface area contributed by atoms with Crippen molar-refractivity contribution in [2.24, 2.45) is 5.10 Å². The number of hydrogen-bond acceptors (Lipinski definition) is 6. The molecular weight excluding hydrogens is 591 g/mol. The maximum absolute atomic E-state index is 13.9. The van der Waals surface area contributed by atoms with Gasteiger partial charge in [-0.05, 0) is 42.8 Å². The lowest BCUT2D eigenvalue weighted by Crippen LogP contribution is -2.24. The van der Waals surface area contributed by atoms with Crippen molar-refractivity contribution in [1.82, 2.24) is 9.66 Å².